The first-order valence-corrected chi connectivity index (χ1v) is 4.94. The summed E-state index contributed by atoms with van der Waals surface area (Å²) in [6, 6.07) is 4.30. The zero-order valence-electron chi connectivity index (χ0n) is 8.54. The highest BCUT2D eigenvalue weighted by molar-refractivity contribution is 6.29. The standard InChI is InChI=1S/C11H9ClF3O2/c1-7(12)10(16)6-17-9-4-2-3-8(5-9)11(13,14)15/h1-5,10,16H,6H2. The van der Waals surface area contributed by atoms with Crippen LogP contribution in [-0.2, 0) is 6.18 Å². The number of halogens is 4. The molecule has 0 saturated carbocycles. The predicted octanol–water partition coefficient (Wildman–Crippen LogP) is 3.00. The molecule has 1 radical (unpaired) electrons. The van der Waals surface area contributed by atoms with Crippen molar-refractivity contribution in [2.24, 2.45) is 0 Å². The number of aliphatic hydroxyl groups excluding tert-OH is 1. The Kier molecular flexibility index (Phi) is 4.42. The van der Waals surface area contributed by atoms with Gasteiger partial charge in [0, 0.05) is 0 Å². The largest absolute Gasteiger partial charge is 0.490 e. The lowest BCUT2D eigenvalue weighted by molar-refractivity contribution is -0.137. The van der Waals surface area contributed by atoms with Crippen LogP contribution in [0.1, 0.15) is 5.56 Å². The maximum atomic E-state index is 12.3. The summed E-state index contributed by atoms with van der Waals surface area (Å²) in [4.78, 5) is 0. The Morgan fingerprint density at radius 2 is 2.12 bits per heavy atom. The first kappa shape index (κ1) is 13.9. The minimum Gasteiger partial charge on any atom is -0.490 e. The minimum absolute atomic E-state index is 0.0169. The lowest BCUT2D eigenvalue weighted by Gasteiger charge is -2.12. The summed E-state index contributed by atoms with van der Waals surface area (Å²) in [5.74, 6) is -0.0169. The number of rotatable bonds is 4. The average Bonchev–Trinajstić information content (AvgIpc) is 2.25. The van der Waals surface area contributed by atoms with Gasteiger partial charge in [0.1, 0.15) is 18.5 Å². The molecule has 0 heterocycles. The van der Waals surface area contributed by atoms with E-state index in [0.29, 0.717) is 0 Å². The fourth-order valence-electron chi connectivity index (χ4n) is 1.02. The van der Waals surface area contributed by atoms with Crippen molar-refractivity contribution in [1.82, 2.24) is 0 Å². The molecular weight excluding hydrogens is 257 g/mol. The van der Waals surface area contributed by atoms with Crippen molar-refractivity contribution >= 4 is 11.6 Å². The van der Waals surface area contributed by atoms with Gasteiger partial charge in [0.2, 0.25) is 0 Å². The summed E-state index contributed by atoms with van der Waals surface area (Å²) in [5.41, 5.74) is -0.827. The molecule has 1 N–H and O–H groups in total. The quantitative estimate of drug-likeness (QED) is 0.907. The van der Waals surface area contributed by atoms with Crippen molar-refractivity contribution in [2.45, 2.75) is 12.3 Å². The van der Waals surface area contributed by atoms with E-state index in [4.69, 9.17) is 22.9 Å². The summed E-state index contributed by atoms with van der Waals surface area (Å²) in [6.45, 7) is 4.76. The smallest absolute Gasteiger partial charge is 0.416 e. The molecule has 0 bridgehead atoms. The van der Waals surface area contributed by atoms with Gasteiger partial charge >= 0.3 is 6.18 Å². The third-order valence-electron chi connectivity index (χ3n) is 1.89. The number of aliphatic hydroxyl groups is 1. The van der Waals surface area contributed by atoms with E-state index < -0.39 is 17.8 Å². The molecule has 1 rings (SSSR count). The number of alkyl halides is 3. The molecule has 0 aliphatic rings. The van der Waals surface area contributed by atoms with Crippen LogP contribution in [0.4, 0.5) is 13.2 Å². The zero-order chi connectivity index (χ0) is 13.1. The van der Waals surface area contributed by atoms with Gasteiger partial charge in [-0.05, 0) is 24.8 Å². The van der Waals surface area contributed by atoms with E-state index >= 15 is 0 Å². The number of benzene rings is 1. The van der Waals surface area contributed by atoms with Gasteiger partial charge in [-0.1, -0.05) is 17.7 Å². The Morgan fingerprint density at radius 1 is 1.47 bits per heavy atom. The molecule has 17 heavy (non-hydrogen) atoms. The molecule has 6 heteroatoms. The van der Waals surface area contributed by atoms with Crippen molar-refractivity contribution in [3.8, 4) is 5.75 Å². The normalized spacial score (nSPS) is 13.2. The Hall–Kier alpha value is -1.20. The van der Waals surface area contributed by atoms with Gasteiger partial charge in [-0.15, -0.1) is 0 Å². The number of ether oxygens (including phenoxy) is 1. The summed E-state index contributed by atoms with van der Waals surface area (Å²) in [5, 5.41) is 8.90. The third-order valence-corrected chi connectivity index (χ3v) is 2.14. The molecule has 0 spiro atoms. The second-order valence-electron chi connectivity index (χ2n) is 3.24. The van der Waals surface area contributed by atoms with Crippen molar-refractivity contribution in [3.05, 3.63) is 41.4 Å². The van der Waals surface area contributed by atoms with Gasteiger partial charge in [0.05, 0.1) is 10.6 Å². The molecule has 1 unspecified atom stereocenters. The van der Waals surface area contributed by atoms with Crippen LogP contribution in [-0.4, -0.2) is 17.8 Å². The van der Waals surface area contributed by atoms with E-state index in [-0.39, 0.29) is 17.4 Å². The Balaban J connectivity index is 2.70. The molecular formula is C11H9ClF3O2. The topological polar surface area (TPSA) is 29.5 Å². The van der Waals surface area contributed by atoms with Gasteiger partial charge < -0.3 is 9.84 Å². The summed E-state index contributed by atoms with van der Waals surface area (Å²) in [7, 11) is 0. The molecule has 0 aliphatic heterocycles. The maximum absolute atomic E-state index is 12.3. The van der Waals surface area contributed by atoms with Gasteiger partial charge in [0.15, 0.2) is 0 Å². The van der Waals surface area contributed by atoms with Crippen LogP contribution in [0.2, 0.25) is 0 Å². The first-order chi connectivity index (χ1) is 7.80. The SMILES string of the molecule is [CH]=C(Cl)C(O)COc1cccc(C(F)(F)F)c1. The molecule has 0 aliphatic carbocycles. The second kappa shape index (κ2) is 5.42. The minimum atomic E-state index is -4.43. The number of hydrogen-bond acceptors (Lipinski definition) is 2. The monoisotopic (exact) mass is 265 g/mol. The fraction of sp³-hybridized carbons (Fsp3) is 0.273. The maximum Gasteiger partial charge on any atom is 0.416 e. The number of hydrogen-bond donors (Lipinski definition) is 1. The predicted molar refractivity (Wildman–Crippen MR) is 56.6 cm³/mol. The fourth-order valence-corrected chi connectivity index (χ4v) is 1.08. The molecule has 1 aromatic carbocycles. The van der Waals surface area contributed by atoms with Crippen molar-refractivity contribution in [1.29, 1.82) is 0 Å². The van der Waals surface area contributed by atoms with Gasteiger partial charge in [0.25, 0.3) is 0 Å². The molecule has 1 atom stereocenters. The van der Waals surface area contributed by atoms with Gasteiger partial charge in [-0.2, -0.15) is 13.2 Å². The van der Waals surface area contributed by atoms with Gasteiger partial charge in [-0.3, -0.25) is 0 Å². The van der Waals surface area contributed by atoms with E-state index in [9.17, 15) is 18.3 Å². The summed E-state index contributed by atoms with van der Waals surface area (Å²) < 4.78 is 42.0. The molecule has 0 amide bonds. The van der Waals surface area contributed by atoms with E-state index in [1.165, 1.54) is 12.1 Å². The van der Waals surface area contributed by atoms with Crippen LogP contribution in [0, 0.1) is 6.58 Å². The van der Waals surface area contributed by atoms with Crippen molar-refractivity contribution < 1.29 is 23.0 Å². The average molecular weight is 266 g/mol. The van der Waals surface area contributed by atoms with E-state index in [0.717, 1.165) is 12.1 Å². The lowest BCUT2D eigenvalue weighted by atomic mass is 10.2. The highest BCUT2D eigenvalue weighted by atomic mass is 35.5. The highest BCUT2D eigenvalue weighted by Gasteiger charge is 2.30. The van der Waals surface area contributed by atoms with Crippen LogP contribution in [0.25, 0.3) is 0 Å². The third kappa shape index (κ3) is 4.28. The summed E-state index contributed by atoms with van der Waals surface area (Å²) >= 11 is 5.28. The van der Waals surface area contributed by atoms with E-state index in [1.54, 1.807) is 0 Å². The lowest BCUT2D eigenvalue weighted by Crippen LogP contribution is -2.17. The van der Waals surface area contributed by atoms with Crippen molar-refractivity contribution in [2.75, 3.05) is 6.61 Å². The Morgan fingerprint density at radius 3 is 2.65 bits per heavy atom. The van der Waals surface area contributed by atoms with Crippen LogP contribution in [0.15, 0.2) is 29.3 Å². The molecule has 1 aromatic rings. The van der Waals surface area contributed by atoms with Crippen LogP contribution in [0.3, 0.4) is 0 Å². The Bertz CT molecular complexity index is 404. The van der Waals surface area contributed by atoms with Crippen molar-refractivity contribution in [3.63, 3.8) is 0 Å². The van der Waals surface area contributed by atoms with Crippen LogP contribution in [0.5, 0.6) is 5.75 Å². The first-order valence-electron chi connectivity index (χ1n) is 4.56. The van der Waals surface area contributed by atoms with Crippen LogP contribution >= 0.6 is 11.6 Å². The zero-order valence-corrected chi connectivity index (χ0v) is 9.29. The van der Waals surface area contributed by atoms with Crippen LogP contribution < -0.4 is 4.74 Å². The molecule has 2 nitrogen and oxygen atoms in total. The molecule has 0 saturated heterocycles. The Labute approximate surface area is 101 Å². The van der Waals surface area contributed by atoms with E-state index in [1.807, 2.05) is 0 Å². The second-order valence-corrected chi connectivity index (χ2v) is 3.67. The molecule has 0 aromatic heterocycles. The molecule has 0 fully saturated rings. The molecule has 93 valence electrons. The van der Waals surface area contributed by atoms with Gasteiger partial charge in [-0.25, -0.2) is 0 Å². The van der Waals surface area contributed by atoms with E-state index in [2.05, 4.69) is 0 Å². The highest BCUT2D eigenvalue weighted by Crippen LogP contribution is 2.31. The summed E-state index contributed by atoms with van der Waals surface area (Å²) in [6.07, 6.45) is -5.67.